The third-order valence-corrected chi connectivity index (χ3v) is 4.79. The number of anilines is 2. The maximum absolute atomic E-state index is 12.1. The van der Waals surface area contributed by atoms with Gasteiger partial charge in [0.15, 0.2) is 0 Å². The standard InChI is InChI=1S/C16H21N7O2S/c1-25-13-8-4-7-12(9-13)18-14(24)10-26-16-22-21-15(23(16)17)20-19-11-5-2-3-6-11/h4,7-9H,2-3,5-6,10,17H2,1H3,(H,18,24)(H,20,21). The molecule has 1 aliphatic rings. The summed E-state index contributed by atoms with van der Waals surface area (Å²) in [6.07, 6.45) is 4.33. The van der Waals surface area contributed by atoms with Crippen LogP contribution in [0, 0.1) is 0 Å². The van der Waals surface area contributed by atoms with Crippen LogP contribution < -0.4 is 21.3 Å². The minimum Gasteiger partial charge on any atom is -0.497 e. The normalized spacial score (nSPS) is 13.5. The van der Waals surface area contributed by atoms with Crippen molar-refractivity contribution < 1.29 is 9.53 Å². The van der Waals surface area contributed by atoms with E-state index in [2.05, 4.69) is 26.0 Å². The molecule has 0 aliphatic heterocycles. The van der Waals surface area contributed by atoms with Crippen molar-refractivity contribution in [3.8, 4) is 5.75 Å². The number of hydrazone groups is 1. The maximum atomic E-state index is 12.1. The first kappa shape index (κ1) is 18.1. The number of carbonyl (C=O) groups excluding carboxylic acids is 1. The van der Waals surface area contributed by atoms with Crippen LogP contribution in [-0.4, -0.2) is 39.4 Å². The van der Waals surface area contributed by atoms with E-state index in [1.165, 1.54) is 29.3 Å². The van der Waals surface area contributed by atoms with Crippen LogP contribution in [0.25, 0.3) is 0 Å². The minimum atomic E-state index is -0.174. The van der Waals surface area contributed by atoms with Gasteiger partial charge in [0.25, 0.3) is 5.95 Å². The van der Waals surface area contributed by atoms with Crippen LogP contribution in [0.1, 0.15) is 25.7 Å². The SMILES string of the molecule is COc1cccc(NC(=O)CSc2nnc(NN=C3CCCC3)n2N)c1. The van der Waals surface area contributed by atoms with Gasteiger partial charge in [0.2, 0.25) is 11.1 Å². The Labute approximate surface area is 155 Å². The second-order valence-electron chi connectivity index (χ2n) is 5.74. The quantitative estimate of drug-likeness (QED) is 0.385. The van der Waals surface area contributed by atoms with E-state index in [1.807, 2.05) is 12.1 Å². The number of ether oxygens (including phenoxy) is 1. The zero-order valence-corrected chi connectivity index (χ0v) is 15.3. The summed E-state index contributed by atoms with van der Waals surface area (Å²) < 4.78 is 6.43. The number of hydrogen-bond acceptors (Lipinski definition) is 8. The van der Waals surface area contributed by atoms with Gasteiger partial charge in [0.05, 0.1) is 12.9 Å². The highest BCUT2D eigenvalue weighted by Crippen LogP contribution is 2.20. The van der Waals surface area contributed by atoms with E-state index < -0.39 is 0 Å². The Kier molecular flexibility index (Phi) is 5.95. The summed E-state index contributed by atoms with van der Waals surface area (Å²) in [4.78, 5) is 12.1. The molecule has 0 radical (unpaired) electrons. The first-order valence-electron chi connectivity index (χ1n) is 8.24. The van der Waals surface area contributed by atoms with E-state index in [1.54, 1.807) is 19.2 Å². The molecule has 0 unspecified atom stereocenters. The molecule has 0 saturated heterocycles. The van der Waals surface area contributed by atoms with Gasteiger partial charge in [0, 0.05) is 17.5 Å². The number of benzene rings is 1. The lowest BCUT2D eigenvalue weighted by Gasteiger charge is -2.07. The lowest BCUT2D eigenvalue weighted by Crippen LogP contribution is -2.17. The van der Waals surface area contributed by atoms with Gasteiger partial charge in [-0.3, -0.25) is 4.79 Å². The van der Waals surface area contributed by atoms with Crippen molar-refractivity contribution in [2.45, 2.75) is 30.8 Å². The van der Waals surface area contributed by atoms with Gasteiger partial charge in [-0.05, 0) is 37.8 Å². The Morgan fingerprint density at radius 3 is 2.96 bits per heavy atom. The molecule has 0 spiro atoms. The molecule has 138 valence electrons. The number of nitrogens with two attached hydrogens (primary N) is 1. The smallest absolute Gasteiger partial charge is 0.264 e. The van der Waals surface area contributed by atoms with E-state index in [0.29, 0.717) is 22.5 Å². The number of amides is 1. The Bertz CT molecular complexity index is 798. The average molecular weight is 375 g/mol. The monoisotopic (exact) mass is 375 g/mol. The van der Waals surface area contributed by atoms with Crippen LogP contribution in [-0.2, 0) is 4.79 Å². The summed E-state index contributed by atoms with van der Waals surface area (Å²) in [5.41, 5.74) is 4.62. The molecule has 3 rings (SSSR count). The Hall–Kier alpha value is -2.75. The summed E-state index contributed by atoms with van der Waals surface area (Å²) in [5, 5.41) is 15.5. The molecule has 1 aliphatic carbocycles. The lowest BCUT2D eigenvalue weighted by molar-refractivity contribution is -0.113. The van der Waals surface area contributed by atoms with Gasteiger partial charge in [-0.1, -0.05) is 17.8 Å². The van der Waals surface area contributed by atoms with Crippen molar-refractivity contribution in [3.05, 3.63) is 24.3 Å². The van der Waals surface area contributed by atoms with Crippen LogP contribution in [0.5, 0.6) is 5.75 Å². The van der Waals surface area contributed by atoms with Crippen molar-refractivity contribution in [3.63, 3.8) is 0 Å². The van der Waals surface area contributed by atoms with Gasteiger partial charge in [-0.15, -0.1) is 10.2 Å². The first-order valence-corrected chi connectivity index (χ1v) is 9.23. The van der Waals surface area contributed by atoms with Gasteiger partial charge < -0.3 is 15.9 Å². The molecule has 1 saturated carbocycles. The molecule has 10 heteroatoms. The Morgan fingerprint density at radius 1 is 1.38 bits per heavy atom. The van der Waals surface area contributed by atoms with Crippen LogP contribution in [0.2, 0.25) is 0 Å². The average Bonchev–Trinajstić information content (AvgIpc) is 3.28. The number of methoxy groups -OCH3 is 1. The third kappa shape index (κ3) is 4.66. The second kappa shape index (κ2) is 8.56. The predicted octanol–water partition coefficient (Wildman–Crippen LogP) is 2.07. The summed E-state index contributed by atoms with van der Waals surface area (Å²) >= 11 is 1.20. The molecule has 1 heterocycles. The molecule has 1 amide bonds. The fraction of sp³-hybridized carbons (Fsp3) is 0.375. The molecule has 1 aromatic heterocycles. The summed E-state index contributed by atoms with van der Waals surface area (Å²) in [7, 11) is 1.58. The predicted molar refractivity (Wildman–Crippen MR) is 102 cm³/mol. The van der Waals surface area contributed by atoms with Crippen molar-refractivity contribution in [2.75, 3.05) is 29.4 Å². The van der Waals surface area contributed by atoms with Crippen LogP contribution in [0.4, 0.5) is 11.6 Å². The molecular weight excluding hydrogens is 354 g/mol. The second-order valence-corrected chi connectivity index (χ2v) is 6.68. The minimum absolute atomic E-state index is 0.154. The van der Waals surface area contributed by atoms with Crippen LogP contribution in [0.15, 0.2) is 34.5 Å². The van der Waals surface area contributed by atoms with E-state index in [0.717, 1.165) is 18.6 Å². The number of aromatic nitrogens is 3. The van der Waals surface area contributed by atoms with E-state index in [9.17, 15) is 4.79 Å². The molecule has 0 bridgehead atoms. The number of hydrogen-bond donors (Lipinski definition) is 3. The molecular formula is C16H21N7O2S. The molecule has 4 N–H and O–H groups in total. The number of carbonyl (C=O) groups is 1. The lowest BCUT2D eigenvalue weighted by atomic mass is 10.3. The first-order chi connectivity index (χ1) is 12.7. The van der Waals surface area contributed by atoms with Gasteiger partial charge >= 0.3 is 0 Å². The van der Waals surface area contributed by atoms with Crippen LogP contribution >= 0.6 is 11.8 Å². The molecule has 1 fully saturated rings. The fourth-order valence-electron chi connectivity index (χ4n) is 2.50. The molecule has 9 nitrogen and oxygen atoms in total. The Morgan fingerprint density at radius 2 is 2.19 bits per heavy atom. The van der Waals surface area contributed by atoms with E-state index in [-0.39, 0.29) is 11.7 Å². The zero-order valence-electron chi connectivity index (χ0n) is 14.4. The van der Waals surface area contributed by atoms with E-state index >= 15 is 0 Å². The van der Waals surface area contributed by atoms with Crippen molar-refractivity contribution in [2.24, 2.45) is 5.10 Å². The maximum Gasteiger partial charge on any atom is 0.264 e. The fourth-order valence-corrected chi connectivity index (χ4v) is 3.16. The summed E-state index contributed by atoms with van der Waals surface area (Å²) in [5.74, 6) is 6.96. The highest BCUT2D eigenvalue weighted by atomic mass is 32.2. The van der Waals surface area contributed by atoms with Crippen LogP contribution in [0.3, 0.4) is 0 Å². The summed E-state index contributed by atoms with van der Waals surface area (Å²) in [6, 6.07) is 7.16. The van der Waals surface area contributed by atoms with Gasteiger partial charge in [-0.2, -0.15) is 5.10 Å². The number of nitrogens with one attached hydrogen (secondary N) is 2. The molecule has 1 aromatic carbocycles. The highest BCUT2D eigenvalue weighted by Gasteiger charge is 2.13. The molecule has 0 atom stereocenters. The van der Waals surface area contributed by atoms with Crippen molar-refractivity contribution in [1.82, 2.24) is 14.9 Å². The van der Waals surface area contributed by atoms with Gasteiger partial charge in [0.1, 0.15) is 5.75 Å². The molecule has 2 aromatic rings. The van der Waals surface area contributed by atoms with E-state index in [4.69, 9.17) is 10.6 Å². The zero-order chi connectivity index (χ0) is 18.4. The third-order valence-electron chi connectivity index (χ3n) is 3.85. The number of rotatable bonds is 7. The van der Waals surface area contributed by atoms with Gasteiger partial charge in [-0.25, -0.2) is 10.1 Å². The summed E-state index contributed by atoms with van der Waals surface area (Å²) in [6.45, 7) is 0. The highest BCUT2D eigenvalue weighted by molar-refractivity contribution is 7.99. The van der Waals surface area contributed by atoms with Crippen molar-refractivity contribution in [1.29, 1.82) is 0 Å². The topological polar surface area (TPSA) is 119 Å². The number of nitrogen functional groups attached to an aromatic ring is 1. The number of nitrogens with zero attached hydrogens (tertiary/aromatic N) is 4. The Balaban J connectivity index is 1.52. The largest absolute Gasteiger partial charge is 0.497 e. The number of thioether (sulfide) groups is 1. The van der Waals surface area contributed by atoms with Crippen molar-refractivity contribution >= 4 is 35.0 Å². The molecule has 26 heavy (non-hydrogen) atoms.